The number of hydrogen-bond donors (Lipinski definition) is 2. The van der Waals surface area contributed by atoms with Gasteiger partial charge in [-0.15, -0.1) is 24.0 Å². The van der Waals surface area contributed by atoms with Crippen LogP contribution in [0.25, 0.3) is 0 Å². The van der Waals surface area contributed by atoms with E-state index >= 15 is 0 Å². The first-order valence-electron chi connectivity index (χ1n) is 9.16. The summed E-state index contributed by atoms with van der Waals surface area (Å²) in [6, 6.07) is 6.00. The van der Waals surface area contributed by atoms with Gasteiger partial charge in [-0.2, -0.15) is 26.3 Å². The molecule has 1 saturated heterocycles. The van der Waals surface area contributed by atoms with Gasteiger partial charge in [0.1, 0.15) is 5.75 Å². The van der Waals surface area contributed by atoms with Crippen LogP contribution >= 0.6 is 24.0 Å². The van der Waals surface area contributed by atoms with Crippen LogP contribution in [0.5, 0.6) is 5.75 Å². The third-order valence-electron chi connectivity index (χ3n) is 4.08. The van der Waals surface area contributed by atoms with E-state index in [1.54, 1.807) is 12.1 Å². The highest BCUT2D eigenvalue weighted by Crippen LogP contribution is 2.21. The molecule has 0 saturated carbocycles. The Hall–Kier alpha value is -1.44. The van der Waals surface area contributed by atoms with E-state index in [1.807, 2.05) is 6.92 Å². The molecule has 30 heavy (non-hydrogen) atoms. The lowest BCUT2D eigenvalue weighted by atomic mass is 10.2. The summed E-state index contributed by atoms with van der Waals surface area (Å²) >= 11 is 0. The minimum Gasteiger partial charge on any atom is -0.484 e. The lowest BCUT2D eigenvalue weighted by Crippen LogP contribution is -2.45. The van der Waals surface area contributed by atoms with Gasteiger partial charge in [0, 0.05) is 25.7 Å². The molecule has 0 aromatic heterocycles. The van der Waals surface area contributed by atoms with Crippen molar-refractivity contribution in [3.05, 3.63) is 29.8 Å². The van der Waals surface area contributed by atoms with Gasteiger partial charge in [0.25, 0.3) is 0 Å². The van der Waals surface area contributed by atoms with Gasteiger partial charge in [-0.3, -0.25) is 4.90 Å². The van der Waals surface area contributed by atoms with Crippen LogP contribution in [0.15, 0.2) is 29.3 Å². The summed E-state index contributed by atoms with van der Waals surface area (Å²) < 4.78 is 79.0. The minimum absolute atomic E-state index is 0. The standard InChI is InChI=1S/C18H24F6N4O.HI/c1-2-25-16(27-14-6-7-28(10-14)11-17(19,20)21)26-9-13-4-3-5-15(8-13)29-12-18(22,23)24;/h3-5,8,14H,2,6-7,9-12H2,1H3,(H2,25,26,27);1H. The van der Waals surface area contributed by atoms with Gasteiger partial charge in [-0.25, -0.2) is 4.99 Å². The molecule has 172 valence electrons. The molecule has 2 N–H and O–H groups in total. The maximum atomic E-state index is 12.5. The summed E-state index contributed by atoms with van der Waals surface area (Å²) in [5, 5.41) is 6.13. The van der Waals surface area contributed by atoms with Crippen LogP contribution in [0, 0.1) is 0 Å². The molecule has 1 aliphatic rings. The molecule has 1 aliphatic heterocycles. The van der Waals surface area contributed by atoms with Gasteiger partial charge in [0.05, 0.1) is 13.1 Å². The van der Waals surface area contributed by atoms with Crippen molar-refractivity contribution in [2.24, 2.45) is 4.99 Å². The number of hydrogen-bond acceptors (Lipinski definition) is 3. The highest BCUT2D eigenvalue weighted by atomic mass is 127. The number of ether oxygens (including phenoxy) is 1. The van der Waals surface area contributed by atoms with Gasteiger partial charge >= 0.3 is 12.4 Å². The average molecular weight is 554 g/mol. The number of guanidine groups is 1. The Morgan fingerprint density at radius 1 is 1.20 bits per heavy atom. The van der Waals surface area contributed by atoms with Crippen LogP contribution in [-0.2, 0) is 6.54 Å². The molecule has 5 nitrogen and oxygen atoms in total. The van der Waals surface area contributed by atoms with Crippen LogP contribution in [0.4, 0.5) is 26.3 Å². The Bertz CT molecular complexity index is 683. The zero-order valence-electron chi connectivity index (χ0n) is 16.3. The van der Waals surface area contributed by atoms with Crippen LogP contribution in [0.2, 0.25) is 0 Å². The maximum absolute atomic E-state index is 12.5. The minimum atomic E-state index is -4.42. The van der Waals surface area contributed by atoms with E-state index in [4.69, 9.17) is 4.74 Å². The van der Waals surface area contributed by atoms with Crippen molar-refractivity contribution in [1.82, 2.24) is 15.5 Å². The topological polar surface area (TPSA) is 48.9 Å². The van der Waals surface area contributed by atoms with E-state index in [2.05, 4.69) is 15.6 Å². The zero-order valence-corrected chi connectivity index (χ0v) is 18.6. The summed E-state index contributed by atoms with van der Waals surface area (Å²) in [4.78, 5) is 5.71. The van der Waals surface area contributed by atoms with Crippen molar-refractivity contribution >= 4 is 29.9 Å². The van der Waals surface area contributed by atoms with Crippen molar-refractivity contribution in [2.75, 3.05) is 32.8 Å². The highest BCUT2D eigenvalue weighted by molar-refractivity contribution is 14.0. The summed E-state index contributed by atoms with van der Waals surface area (Å²) in [6.45, 7) is 0.869. The number of halogens is 7. The summed E-state index contributed by atoms with van der Waals surface area (Å²) in [6.07, 6.45) is -8.09. The van der Waals surface area contributed by atoms with Crippen molar-refractivity contribution in [3.8, 4) is 5.75 Å². The van der Waals surface area contributed by atoms with Gasteiger partial charge in [-0.05, 0) is 31.0 Å². The van der Waals surface area contributed by atoms with Crippen molar-refractivity contribution in [1.29, 1.82) is 0 Å². The Labute approximate surface area is 188 Å². The highest BCUT2D eigenvalue weighted by Gasteiger charge is 2.34. The first-order chi connectivity index (χ1) is 13.5. The molecule has 0 spiro atoms. The molecule has 2 rings (SSSR count). The van der Waals surface area contributed by atoms with E-state index in [9.17, 15) is 26.3 Å². The molecular weight excluding hydrogens is 529 g/mol. The summed E-state index contributed by atoms with van der Waals surface area (Å²) in [7, 11) is 0. The summed E-state index contributed by atoms with van der Waals surface area (Å²) in [5.41, 5.74) is 0.645. The normalized spacial score (nSPS) is 18.1. The van der Waals surface area contributed by atoms with Crippen LogP contribution < -0.4 is 15.4 Å². The molecule has 1 unspecified atom stereocenters. The Morgan fingerprint density at radius 2 is 1.93 bits per heavy atom. The lowest BCUT2D eigenvalue weighted by Gasteiger charge is -2.19. The number of nitrogens with one attached hydrogen (secondary N) is 2. The van der Waals surface area contributed by atoms with E-state index in [0.29, 0.717) is 31.0 Å². The van der Waals surface area contributed by atoms with Crippen LogP contribution in [-0.4, -0.2) is 62.0 Å². The molecule has 1 aromatic rings. The predicted molar refractivity (Wildman–Crippen MR) is 112 cm³/mol. The monoisotopic (exact) mass is 554 g/mol. The predicted octanol–water partition coefficient (Wildman–Crippen LogP) is 3.94. The molecule has 1 fully saturated rings. The molecule has 12 heteroatoms. The molecule has 1 atom stereocenters. The molecule has 0 amide bonds. The fraction of sp³-hybridized carbons (Fsp3) is 0.611. The maximum Gasteiger partial charge on any atom is 0.422 e. The fourth-order valence-corrected chi connectivity index (χ4v) is 2.93. The van der Waals surface area contributed by atoms with Crippen LogP contribution in [0.3, 0.4) is 0 Å². The van der Waals surface area contributed by atoms with Crippen molar-refractivity contribution < 1.29 is 31.1 Å². The van der Waals surface area contributed by atoms with E-state index in [-0.39, 0.29) is 48.9 Å². The van der Waals surface area contributed by atoms with Crippen LogP contribution in [0.1, 0.15) is 18.9 Å². The Balaban J connectivity index is 0.00000450. The third-order valence-corrected chi connectivity index (χ3v) is 4.08. The second-order valence-corrected chi connectivity index (χ2v) is 6.73. The molecule has 1 heterocycles. The second-order valence-electron chi connectivity index (χ2n) is 6.73. The first-order valence-corrected chi connectivity index (χ1v) is 9.16. The largest absolute Gasteiger partial charge is 0.484 e. The number of likely N-dealkylation sites (tertiary alicyclic amines) is 1. The fourth-order valence-electron chi connectivity index (χ4n) is 2.93. The zero-order chi connectivity index (χ0) is 21.5. The van der Waals surface area contributed by atoms with Crippen molar-refractivity contribution in [3.63, 3.8) is 0 Å². The number of aliphatic imine (C=N–C) groups is 1. The van der Waals surface area contributed by atoms with E-state index < -0.39 is 25.5 Å². The SMILES string of the molecule is CCNC(=NCc1cccc(OCC(F)(F)F)c1)NC1CCN(CC(F)(F)F)C1.I. The molecular formula is C18H25F6IN4O. The molecule has 1 aromatic carbocycles. The quantitative estimate of drug-likeness (QED) is 0.232. The molecule has 0 radical (unpaired) electrons. The number of alkyl halides is 6. The van der Waals surface area contributed by atoms with Gasteiger partial charge in [0.2, 0.25) is 0 Å². The number of rotatable bonds is 7. The number of nitrogens with zero attached hydrogens (tertiary/aromatic N) is 2. The first kappa shape index (κ1) is 26.6. The van der Waals surface area contributed by atoms with E-state index in [1.165, 1.54) is 17.0 Å². The Morgan fingerprint density at radius 3 is 2.57 bits per heavy atom. The molecule has 0 aliphatic carbocycles. The molecule has 0 bridgehead atoms. The van der Waals surface area contributed by atoms with Gasteiger partial charge < -0.3 is 15.4 Å². The smallest absolute Gasteiger partial charge is 0.422 e. The number of benzene rings is 1. The lowest BCUT2D eigenvalue weighted by molar-refractivity contribution is -0.153. The average Bonchev–Trinajstić information content (AvgIpc) is 3.03. The van der Waals surface area contributed by atoms with Gasteiger partial charge in [-0.1, -0.05) is 12.1 Å². The Kier molecular flexibility index (Phi) is 10.5. The third kappa shape index (κ3) is 10.5. The van der Waals surface area contributed by atoms with Gasteiger partial charge in [0.15, 0.2) is 12.6 Å². The summed E-state index contributed by atoms with van der Waals surface area (Å²) in [5.74, 6) is 0.527. The second kappa shape index (κ2) is 11.8. The van der Waals surface area contributed by atoms with E-state index in [0.717, 1.165) is 0 Å². The van der Waals surface area contributed by atoms with Crippen molar-refractivity contribution in [2.45, 2.75) is 38.3 Å².